The van der Waals surface area contributed by atoms with Crippen LogP contribution in [0.15, 0.2) is 24.3 Å². The fourth-order valence-electron chi connectivity index (χ4n) is 4.02. The number of ketones is 1. The van der Waals surface area contributed by atoms with Crippen LogP contribution in [0.1, 0.15) is 60.9 Å². The van der Waals surface area contributed by atoms with E-state index in [0.717, 1.165) is 12.1 Å². The molecule has 114 valence electrons. The van der Waals surface area contributed by atoms with Gasteiger partial charge >= 0.3 is 0 Å². The highest BCUT2D eigenvalue weighted by Gasteiger charge is 2.36. The average Bonchev–Trinajstić information content (AvgIpc) is 2.95. The summed E-state index contributed by atoms with van der Waals surface area (Å²) < 4.78 is 0. The van der Waals surface area contributed by atoms with Crippen molar-refractivity contribution in [2.75, 3.05) is 19.6 Å². The highest BCUT2D eigenvalue weighted by Crippen LogP contribution is 2.46. The predicted molar refractivity (Wildman–Crippen MR) is 86.7 cm³/mol. The number of rotatable bonds is 4. The molecule has 21 heavy (non-hydrogen) atoms. The van der Waals surface area contributed by atoms with E-state index < -0.39 is 0 Å². The van der Waals surface area contributed by atoms with Crippen molar-refractivity contribution in [1.82, 2.24) is 4.90 Å². The maximum absolute atomic E-state index is 12.2. The number of nitrogens with zero attached hydrogens (tertiary/aromatic N) is 1. The average molecular weight is 285 g/mol. The van der Waals surface area contributed by atoms with Gasteiger partial charge in [-0.1, -0.05) is 42.7 Å². The van der Waals surface area contributed by atoms with Crippen molar-refractivity contribution < 1.29 is 4.79 Å². The van der Waals surface area contributed by atoms with Crippen LogP contribution in [0.3, 0.4) is 0 Å². The lowest BCUT2D eigenvalue weighted by molar-refractivity contribution is 0.0888. The van der Waals surface area contributed by atoms with Crippen LogP contribution in [0.25, 0.3) is 0 Å². The van der Waals surface area contributed by atoms with E-state index in [9.17, 15) is 4.79 Å². The Morgan fingerprint density at radius 3 is 2.29 bits per heavy atom. The van der Waals surface area contributed by atoms with Gasteiger partial charge in [0.05, 0.1) is 0 Å². The first-order valence-corrected chi connectivity index (χ1v) is 8.49. The third-order valence-electron chi connectivity index (χ3n) is 5.61. The van der Waals surface area contributed by atoms with Gasteiger partial charge in [0.25, 0.3) is 0 Å². The molecule has 1 spiro atoms. The second kappa shape index (κ2) is 6.31. The molecule has 3 rings (SSSR count). The number of aryl methyl sites for hydroxylation is 1. The van der Waals surface area contributed by atoms with Crippen LogP contribution in [0.5, 0.6) is 0 Å². The second-order valence-electron chi connectivity index (χ2n) is 7.09. The Bertz CT molecular complexity index is 475. The molecule has 1 aromatic carbocycles. The lowest BCUT2D eigenvalue weighted by Gasteiger charge is -2.39. The van der Waals surface area contributed by atoms with Gasteiger partial charge in [-0.3, -0.25) is 4.79 Å². The number of Topliss-reactive ketones (excluding diaryl/α,β-unsaturated/α-hetero) is 1. The van der Waals surface area contributed by atoms with Gasteiger partial charge in [-0.2, -0.15) is 0 Å². The van der Waals surface area contributed by atoms with Crippen LogP contribution in [-0.2, 0) is 0 Å². The van der Waals surface area contributed by atoms with Crippen molar-refractivity contribution in [3.63, 3.8) is 0 Å². The van der Waals surface area contributed by atoms with Gasteiger partial charge < -0.3 is 4.90 Å². The number of likely N-dealkylation sites (tertiary alicyclic amines) is 1. The number of carbonyl (C=O) groups is 1. The maximum Gasteiger partial charge on any atom is 0.164 e. The van der Waals surface area contributed by atoms with Crippen molar-refractivity contribution in [3.8, 4) is 0 Å². The lowest BCUT2D eigenvalue weighted by atomic mass is 9.77. The molecule has 0 amide bonds. The molecule has 0 bridgehead atoms. The molecule has 0 atom stereocenters. The van der Waals surface area contributed by atoms with Crippen molar-refractivity contribution in [1.29, 1.82) is 0 Å². The van der Waals surface area contributed by atoms with E-state index in [2.05, 4.69) is 11.8 Å². The Morgan fingerprint density at radius 1 is 1.05 bits per heavy atom. The Labute approximate surface area is 128 Å². The highest BCUT2D eigenvalue weighted by atomic mass is 16.1. The Hall–Kier alpha value is -1.15. The molecule has 1 aromatic rings. The molecule has 0 N–H and O–H groups in total. The van der Waals surface area contributed by atoms with Crippen molar-refractivity contribution >= 4 is 5.78 Å². The molecule has 1 aliphatic heterocycles. The van der Waals surface area contributed by atoms with E-state index >= 15 is 0 Å². The van der Waals surface area contributed by atoms with Crippen LogP contribution in [0.4, 0.5) is 0 Å². The van der Waals surface area contributed by atoms with E-state index in [4.69, 9.17) is 0 Å². The summed E-state index contributed by atoms with van der Waals surface area (Å²) in [5.41, 5.74) is 2.76. The summed E-state index contributed by atoms with van der Waals surface area (Å²) in [6.07, 6.45) is 9.14. The summed E-state index contributed by atoms with van der Waals surface area (Å²) in [6, 6.07) is 7.97. The first-order chi connectivity index (χ1) is 10.2. The van der Waals surface area contributed by atoms with Gasteiger partial charge in [-0.15, -0.1) is 0 Å². The lowest BCUT2D eigenvalue weighted by Crippen LogP contribution is -2.39. The summed E-state index contributed by atoms with van der Waals surface area (Å²) >= 11 is 0. The van der Waals surface area contributed by atoms with Gasteiger partial charge in [0.2, 0.25) is 0 Å². The third-order valence-corrected chi connectivity index (χ3v) is 5.61. The molecule has 0 unspecified atom stereocenters. The molecule has 0 aromatic heterocycles. The Kier molecular flexibility index (Phi) is 4.44. The molecular formula is C19H27NO. The summed E-state index contributed by atoms with van der Waals surface area (Å²) in [4.78, 5) is 14.7. The number of benzene rings is 1. The van der Waals surface area contributed by atoms with E-state index in [1.165, 1.54) is 57.2 Å². The van der Waals surface area contributed by atoms with E-state index in [0.29, 0.717) is 11.8 Å². The molecule has 2 nitrogen and oxygen atoms in total. The Morgan fingerprint density at radius 2 is 1.67 bits per heavy atom. The minimum Gasteiger partial charge on any atom is -0.303 e. The topological polar surface area (TPSA) is 20.3 Å². The van der Waals surface area contributed by atoms with Crippen LogP contribution < -0.4 is 0 Å². The first-order valence-electron chi connectivity index (χ1n) is 8.49. The quantitative estimate of drug-likeness (QED) is 0.772. The largest absolute Gasteiger partial charge is 0.303 e. The summed E-state index contributed by atoms with van der Waals surface area (Å²) in [5.74, 6) is 0.288. The zero-order chi connectivity index (χ0) is 14.7. The van der Waals surface area contributed by atoms with E-state index in [-0.39, 0.29) is 5.78 Å². The molecule has 0 radical (unpaired) electrons. The minimum absolute atomic E-state index is 0.288. The van der Waals surface area contributed by atoms with Gasteiger partial charge in [0, 0.05) is 18.5 Å². The van der Waals surface area contributed by atoms with Gasteiger partial charge in [0.1, 0.15) is 0 Å². The fraction of sp³-hybridized carbons (Fsp3) is 0.632. The maximum atomic E-state index is 12.2. The molecule has 2 fully saturated rings. The standard InChI is InChI=1S/C19H27NO/c1-16-4-6-17(7-5-16)18(21)8-13-20-14-11-19(12-15-20)9-2-3-10-19/h4-7H,2-3,8-15H2,1H3. The fourth-order valence-corrected chi connectivity index (χ4v) is 4.02. The van der Waals surface area contributed by atoms with Crippen LogP contribution in [0, 0.1) is 12.3 Å². The first kappa shape index (κ1) is 14.8. The monoisotopic (exact) mass is 285 g/mol. The molecular weight excluding hydrogens is 258 g/mol. The summed E-state index contributed by atoms with van der Waals surface area (Å²) in [7, 11) is 0. The highest BCUT2D eigenvalue weighted by molar-refractivity contribution is 5.96. The smallest absolute Gasteiger partial charge is 0.164 e. The SMILES string of the molecule is Cc1ccc(C(=O)CCN2CCC3(CCCC3)CC2)cc1. The van der Waals surface area contributed by atoms with Crippen LogP contribution >= 0.6 is 0 Å². The van der Waals surface area contributed by atoms with E-state index in [1.807, 2.05) is 24.3 Å². The van der Waals surface area contributed by atoms with Gasteiger partial charge in [0.15, 0.2) is 5.78 Å². The molecule has 1 heterocycles. The zero-order valence-electron chi connectivity index (χ0n) is 13.2. The normalized spacial score (nSPS) is 21.8. The molecule has 2 aliphatic rings. The zero-order valence-corrected chi connectivity index (χ0v) is 13.2. The summed E-state index contributed by atoms with van der Waals surface area (Å²) in [5, 5.41) is 0. The second-order valence-corrected chi connectivity index (χ2v) is 7.09. The van der Waals surface area contributed by atoms with E-state index in [1.54, 1.807) is 0 Å². The number of hydrogen-bond donors (Lipinski definition) is 0. The van der Waals surface area contributed by atoms with Crippen molar-refractivity contribution in [2.24, 2.45) is 5.41 Å². The van der Waals surface area contributed by atoms with Crippen molar-refractivity contribution in [2.45, 2.75) is 51.9 Å². The van der Waals surface area contributed by atoms with Crippen LogP contribution in [-0.4, -0.2) is 30.3 Å². The Balaban J connectivity index is 1.45. The molecule has 1 aliphatic carbocycles. The number of hydrogen-bond acceptors (Lipinski definition) is 2. The molecule has 1 saturated carbocycles. The molecule has 1 saturated heterocycles. The third kappa shape index (κ3) is 3.55. The minimum atomic E-state index is 0.288. The number of carbonyl (C=O) groups excluding carboxylic acids is 1. The summed E-state index contributed by atoms with van der Waals surface area (Å²) in [6.45, 7) is 5.38. The van der Waals surface area contributed by atoms with Gasteiger partial charge in [-0.25, -0.2) is 0 Å². The van der Waals surface area contributed by atoms with Crippen LogP contribution in [0.2, 0.25) is 0 Å². The van der Waals surface area contributed by atoms with Crippen molar-refractivity contribution in [3.05, 3.63) is 35.4 Å². The predicted octanol–water partition coefficient (Wildman–Crippen LogP) is 4.22. The van der Waals surface area contributed by atoms with Gasteiger partial charge in [-0.05, 0) is 51.1 Å². The number of piperidine rings is 1. The molecule has 2 heteroatoms.